The molecule has 0 spiro atoms. The topological polar surface area (TPSA) is 29.9 Å². The molecule has 20 heavy (non-hydrogen) atoms. The van der Waals surface area contributed by atoms with E-state index >= 15 is 0 Å². The number of nitrogens with zero attached hydrogens (tertiary/aromatic N) is 2. The van der Waals surface area contributed by atoms with Gasteiger partial charge in [0.25, 0.3) is 0 Å². The van der Waals surface area contributed by atoms with Crippen molar-refractivity contribution in [3.63, 3.8) is 0 Å². The van der Waals surface area contributed by atoms with Gasteiger partial charge in [-0.3, -0.25) is 0 Å². The van der Waals surface area contributed by atoms with Crippen molar-refractivity contribution in [3.8, 4) is 5.69 Å². The van der Waals surface area contributed by atoms with E-state index in [1.807, 2.05) is 26.0 Å². The fourth-order valence-electron chi connectivity index (χ4n) is 2.24. The van der Waals surface area contributed by atoms with Crippen molar-refractivity contribution in [2.45, 2.75) is 39.3 Å². The Morgan fingerprint density at radius 1 is 1.30 bits per heavy atom. The van der Waals surface area contributed by atoms with E-state index in [0.29, 0.717) is 16.1 Å². The van der Waals surface area contributed by atoms with Gasteiger partial charge in [-0.05, 0) is 44.4 Å². The van der Waals surface area contributed by atoms with Crippen molar-refractivity contribution in [1.29, 1.82) is 0 Å². The largest absolute Gasteiger partial charge is 0.310 e. The summed E-state index contributed by atoms with van der Waals surface area (Å²) in [5, 5.41) is 9.31. The zero-order valence-corrected chi connectivity index (χ0v) is 13.1. The molecular weight excluding hydrogens is 293 g/mol. The molecule has 1 fully saturated rings. The van der Waals surface area contributed by atoms with Crippen LogP contribution in [0.15, 0.2) is 18.2 Å². The van der Waals surface area contributed by atoms with E-state index in [4.69, 9.17) is 23.2 Å². The summed E-state index contributed by atoms with van der Waals surface area (Å²) in [5.74, 6) is 0. The molecule has 1 N–H and O–H groups in total. The Morgan fingerprint density at radius 2 is 2.05 bits per heavy atom. The third kappa shape index (κ3) is 2.71. The highest BCUT2D eigenvalue weighted by atomic mass is 35.5. The monoisotopic (exact) mass is 309 g/mol. The number of hydrogen-bond acceptors (Lipinski definition) is 2. The summed E-state index contributed by atoms with van der Waals surface area (Å²) in [6.45, 7) is 4.71. The van der Waals surface area contributed by atoms with E-state index < -0.39 is 0 Å². The average molecular weight is 310 g/mol. The molecule has 2 aromatic rings. The second-order valence-corrected chi connectivity index (χ2v) is 6.12. The second kappa shape index (κ2) is 5.40. The molecule has 5 heteroatoms. The quantitative estimate of drug-likeness (QED) is 0.923. The molecule has 1 heterocycles. The first-order valence-electron chi connectivity index (χ1n) is 6.80. The molecule has 3 nitrogen and oxygen atoms in total. The van der Waals surface area contributed by atoms with Crippen LogP contribution < -0.4 is 5.32 Å². The number of halogens is 2. The fraction of sp³-hybridized carbons (Fsp3) is 0.400. The fourth-order valence-corrected chi connectivity index (χ4v) is 2.64. The lowest BCUT2D eigenvalue weighted by molar-refractivity contribution is 0.687. The van der Waals surface area contributed by atoms with Gasteiger partial charge in [0, 0.05) is 12.6 Å². The Labute approximate surface area is 128 Å². The highest BCUT2D eigenvalue weighted by Crippen LogP contribution is 2.27. The van der Waals surface area contributed by atoms with Gasteiger partial charge in [0.05, 0.1) is 27.1 Å². The smallest absolute Gasteiger partial charge is 0.0848 e. The van der Waals surface area contributed by atoms with Gasteiger partial charge in [0.2, 0.25) is 0 Å². The van der Waals surface area contributed by atoms with Crippen molar-refractivity contribution < 1.29 is 0 Å². The minimum Gasteiger partial charge on any atom is -0.310 e. The zero-order valence-electron chi connectivity index (χ0n) is 11.6. The van der Waals surface area contributed by atoms with Gasteiger partial charge in [-0.2, -0.15) is 5.10 Å². The van der Waals surface area contributed by atoms with Crippen LogP contribution in [0.2, 0.25) is 10.0 Å². The summed E-state index contributed by atoms with van der Waals surface area (Å²) in [5.41, 5.74) is 3.79. The first-order chi connectivity index (χ1) is 9.56. The van der Waals surface area contributed by atoms with E-state index in [2.05, 4.69) is 16.5 Å². The SMILES string of the molecule is Cc1nn(-c2ccc(CNC3CC3)cc2Cl)c(C)c1Cl. The normalized spacial score (nSPS) is 14.8. The molecule has 0 bridgehead atoms. The minimum atomic E-state index is 0.695. The highest BCUT2D eigenvalue weighted by Gasteiger charge is 2.20. The predicted molar refractivity (Wildman–Crippen MR) is 82.9 cm³/mol. The molecule has 0 amide bonds. The van der Waals surface area contributed by atoms with E-state index in [1.165, 1.54) is 18.4 Å². The molecule has 1 aliphatic carbocycles. The molecule has 0 unspecified atom stereocenters. The molecule has 0 saturated heterocycles. The van der Waals surface area contributed by atoms with Gasteiger partial charge in [-0.1, -0.05) is 29.3 Å². The summed E-state index contributed by atoms with van der Waals surface area (Å²) < 4.78 is 1.80. The second-order valence-electron chi connectivity index (χ2n) is 5.34. The summed E-state index contributed by atoms with van der Waals surface area (Å²) in [4.78, 5) is 0. The number of hydrogen-bond donors (Lipinski definition) is 1. The van der Waals surface area contributed by atoms with Crippen molar-refractivity contribution in [1.82, 2.24) is 15.1 Å². The number of nitrogens with one attached hydrogen (secondary N) is 1. The van der Waals surface area contributed by atoms with Crippen molar-refractivity contribution in [3.05, 3.63) is 45.2 Å². The maximum atomic E-state index is 6.40. The standard InChI is InChI=1S/C15H17Cl2N3/c1-9-15(17)10(2)20(19-9)14-6-3-11(7-13(14)16)8-18-12-4-5-12/h3,6-7,12,18H,4-5,8H2,1-2H3. The van der Waals surface area contributed by atoms with Crippen molar-refractivity contribution in [2.75, 3.05) is 0 Å². The van der Waals surface area contributed by atoms with E-state index in [-0.39, 0.29) is 0 Å². The predicted octanol–water partition coefficient (Wildman–Crippen LogP) is 4.05. The average Bonchev–Trinajstić information content (AvgIpc) is 3.21. The lowest BCUT2D eigenvalue weighted by Crippen LogP contribution is -2.15. The van der Waals surface area contributed by atoms with E-state index in [1.54, 1.807) is 4.68 Å². The van der Waals surface area contributed by atoms with Crippen LogP contribution >= 0.6 is 23.2 Å². The van der Waals surface area contributed by atoms with E-state index in [9.17, 15) is 0 Å². The first-order valence-corrected chi connectivity index (χ1v) is 7.56. The minimum absolute atomic E-state index is 0.695. The highest BCUT2D eigenvalue weighted by molar-refractivity contribution is 6.33. The maximum absolute atomic E-state index is 6.40. The maximum Gasteiger partial charge on any atom is 0.0848 e. The molecule has 0 aliphatic heterocycles. The van der Waals surface area contributed by atoms with Crippen LogP contribution in [0.25, 0.3) is 5.69 Å². The van der Waals surface area contributed by atoms with Crippen LogP contribution in [-0.4, -0.2) is 15.8 Å². The number of aryl methyl sites for hydroxylation is 1. The Balaban J connectivity index is 1.87. The molecule has 3 rings (SSSR count). The zero-order chi connectivity index (χ0) is 14.3. The third-order valence-electron chi connectivity index (χ3n) is 3.62. The first kappa shape index (κ1) is 13.9. The lowest BCUT2D eigenvalue weighted by atomic mass is 10.2. The Kier molecular flexibility index (Phi) is 3.76. The van der Waals surface area contributed by atoms with Crippen molar-refractivity contribution >= 4 is 23.2 Å². The van der Waals surface area contributed by atoms with Crippen LogP contribution in [0.1, 0.15) is 29.8 Å². The van der Waals surface area contributed by atoms with Crippen LogP contribution in [0.4, 0.5) is 0 Å². The molecule has 106 valence electrons. The van der Waals surface area contributed by atoms with Gasteiger partial charge in [0.1, 0.15) is 0 Å². The Hall–Kier alpha value is -1.03. The molecule has 0 atom stereocenters. The van der Waals surface area contributed by atoms with Gasteiger partial charge in [0.15, 0.2) is 0 Å². The van der Waals surface area contributed by atoms with Crippen molar-refractivity contribution in [2.24, 2.45) is 0 Å². The summed E-state index contributed by atoms with van der Waals surface area (Å²) >= 11 is 12.6. The van der Waals surface area contributed by atoms with Gasteiger partial charge < -0.3 is 5.32 Å². The number of benzene rings is 1. The summed E-state index contributed by atoms with van der Waals surface area (Å²) in [6, 6.07) is 6.78. The van der Waals surface area contributed by atoms with Crippen LogP contribution in [0.5, 0.6) is 0 Å². The van der Waals surface area contributed by atoms with Gasteiger partial charge >= 0.3 is 0 Å². The molecule has 1 aliphatic rings. The number of aromatic nitrogens is 2. The van der Waals surface area contributed by atoms with Crippen LogP contribution in [0.3, 0.4) is 0 Å². The summed E-state index contributed by atoms with van der Waals surface area (Å²) in [6.07, 6.45) is 2.58. The summed E-state index contributed by atoms with van der Waals surface area (Å²) in [7, 11) is 0. The van der Waals surface area contributed by atoms with Gasteiger partial charge in [-0.25, -0.2) is 4.68 Å². The van der Waals surface area contributed by atoms with Crippen LogP contribution in [-0.2, 0) is 6.54 Å². The molecule has 0 radical (unpaired) electrons. The number of rotatable bonds is 4. The third-order valence-corrected chi connectivity index (χ3v) is 4.47. The van der Waals surface area contributed by atoms with Crippen LogP contribution in [0, 0.1) is 13.8 Å². The van der Waals surface area contributed by atoms with E-state index in [0.717, 1.165) is 23.6 Å². The Morgan fingerprint density at radius 3 is 2.60 bits per heavy atom. The molecular formula is C15H17Cl2N3. The Bertz CT molecular complexity index is 645. The van der Waals surface area contributed by atoms with Gasteiger partial charge in [-0.15, -0.1) is 0 Å². The molecule has 1 aromatic heterocycles. The molecule has 1 aromatic carbocycles. The lowest BCUT2D eigenvalue weighted by Gasteiger charge is -2.09. The molecule has 1 saturated carbocycles.